The van der Waals surface area contributed by atoms with E-state index in [0.717, 1.165) is 35.8 Å². The highest BCUT2D eigenvalue weighted by Crippen LogP contribution is 2.27. The molecule has 0 amide bonds. The predicted octanol–water partition coefficient (Wildman–Crippen LogP) is 2.41. The van der Waals surface area contributed by atoms with Crippen molar-refractivity contribution in [1.82, 2.24) is 0 Å². The largest absolute Gasteiger partial charge is 0.376 e. The van der Waals surface area contributed by atoms with Gasteiger partial charge in [-0.05, 0) is 30.5 Å². The van der Waals surface area contributed by atoms with E-state index in [1.165, 1.54) is 6.42 Å². The van der Waals surface area contributed by atoms with E-state index in [1.807, 2.05) is 25.2 Å². The highest BCUT2D eigenvalue weighted by molar-refractivity contribution is 6.33. The normalized spacial score (nSPS) is 19.6. The minimum atomic E-state index is 0.338. The Morgan fingerprint density at radius 1 is 1.53 bits per heavy atom. The topological polar surface area (TPSA) is 38.5 Å². The molecule has 1 unspecified atom stereocenters. The van der Waals surface area contributed by atoms with Crippen LogP contribution in [-0.4, -0.2) is 26.3 Å². The number of benzene rings is 1. The molecule has 1 heterocycles. The molecule has 0 aliphatic carbocycles. The van der Waals surface area contributed by atoms with Crippen LogP contribution >= 0.6 is 11.6 Å². The van der Waals surface area contributed by atoms with Crippen molar-refractivity contribution in [1.29, 1.82) is 0 Å². The molecule has 4 heteroatoms. The van der Waals surface area contributed by atoms with Crippen molar-refractivity contribution in [3.8, 4) is 0 Å². The van der Waals surface area contributed by atoms with Crippen LogP contribution in [0, 0.1) is 0 Å². The second kappa shape index (κ2) is 5.71. The zero-order valence-corrected chi connectivity index (χ0v) is 10.9. The van der Waals surface area contributed by atoms with Crippen LogP contribution in [0.3, 0.4) is 0 Å². The number of rotatable bonds is 4. The van der Waals surface area contributed by atoms with E-state index in [1.54, 1.807) is 0 Å². The smallest absolute Gasteiger partial charge is 0.0750 e. The van der Waals surface area contributed by atoms with Gasteiger partial charge in [-0.3, -0.25) is 0 Å². The summed E-state index contributed by atoms with van der Waals surface area (Å²) < 4.78 is 5.63. The van der Waals surface area contributed by atoms with Gasteiger partial charge in [0.05, 0.1) is 16.8 Å². The van der Waals surface area contributed by atoms with Crippen LogP contribution in [0.4, 0.5) is 5.69 Å². The van der Waals surface area contributed by atoms with Crippen LogP contribution in [0.2, 0.25) is 5.02 Å². The Balaban J connectivity index is 2.04. The fraction of sp³-hybridized carbons (Fsp3) is 0.538. The van der Waals surface area contributed by atoms with Crippen molar-refractivity contribution in [2.45, 2.75) is 25.5 Å². The average Bonchev–Trinajstić information content (AvgIpc) is 2.81. The van der Waals surface area contributed by atoms with E-state index >= 15 is 0 Å². The van der Waals surface area contributed by atoms with Crippen molar-refractivity contribution >= 4 is 17.3 Å². The monoisotopic (exact) mass is 254 g/mol. The van der Waals surface area contributed by atoms with Crippen LogP contribution in [0.15, 0.2) is 18.2 Å². The number of nitrogens with two attached hydrogens (primary N) is 1. The van der Waals surface area contributed by atoms with Crippen molar-refractivity contribution in [2.24, 2.45) is 5.73 Å². The molecule has 3 nitrogen and oxygen atoms in total. The maximum absolute atomic E-state index is 6.25. The second-order valence-electron chi connectivity index (χ2n) is 4.51. The number of hydrogen-bond acceptors (Lipinski definition) is 3. The highest BCUT2D eigenvalue weighted by atomic mass is 35.5. The van der Waals surface area contributed by atoms with Crippen LogP contribution in [-0.2, 0) is 11.3 Å². The Kier molecular flexibility index (Phi) is 4.26. The van der Waals surface area contributed by atoms with E-state index in [0.29, 0.717) is 12.6 Å². The van der Waals surface area contributed by atoms with Gasteiger partial charge in [0.2, 0.25) is 0 Å². The molecule has 0 spiro atoms. The van der Waals surface area contributed by atoms with Gasteiger partial charge < -0.3 is 15.4 Å². The van der Waals surface area contributed by atoms with Gasteiger partial charge in [0.25, 0.3) is 0 Å². The molecule has 1 aliphatic heterocycles. The number of likely N-dealkylation sites (N-methyl/N-ethyl adjacent to an activating group) is 1. The lowest BCUT2D eigenvalue weighted by molar-refractivity contribution is 0.116. The Bertz CT molecular complexity index is 378. The molecule has 1 aromatic carbocycles. The summed E-state index contributed by atoms with van der Waals surface area (Å²) in [5.74, 6) is 0. The van der Waals surface area contributed by atoms with Gasteiger partial charge in [0.15, 0.2) is 0 Å². The number of ether oxygens (including phenoxy) is 1. The summed E-state index contributed by atoms with van der Waals surface area (Å²) in [6, 6.07) is 5.98. The van der Waals surface area contributed by atoms with Crippen molar-refractivity contribution in [3.05, 3.63) is 28.8 Å². The lowest BCUT2D eigenvalue weighted by atomic mass is 10.2. The molecule has 0 aromatic heterocycles. The summed E-state index contributed by atoms with van der Waals surface area (Å²) >= 11 is 6.25. The van der Waals surface area contributed by atoms with Crippen molar-refractivity contribution in [2.75, 3.05) is 25.1 Å². The van der Waals surface area contributed by atoms with Crippen LogP contribution in [0.25, 0.3) is 0 Å². The molecular formula is C13H19ClN2O. The molecular weight excluding hydrogens is 236 g/mol. The number of hydrogen-bond donors (Lipinski definition) is 1. The summed E-state index contributed by atoms with van der Waals surface area (Å²) in [5, 5.41) is 0.758. The molecule has 1 aliphatic rings. The van der Waals surface area contributed by atoms with Crippen LogP contribution in [0.5, 0.6) is 0 Å². The first-order valence-corrected chi connectivity index (χ1v) is 6.39. The van der Waals surface area contributed by atoms with Gasteiger partial charge >= 0.3 is 0 Å². The highest BCUT2D eigenvalue weighted by Gasteiger charge is 2.18. The lowest BCUT2D eigenvalue weighted by Gasteiger charge is -2.24. The van der Waals surface area contributed by atoms with Crippen molar-refractivity contribution < 1.29 is 4.74 Å². The van der Waals surface area contributed by atoms with E-state index in [-0.39, 0.29) is 0 Å². The molecule has 1 fully saturated rings. The van der Waals surface area contributed by atoms with Gasteiger partial charge in [-0.1, -0.05) is 17.7 Å². The first-order chi connectivity index (χ1) is 8.20. The van der Waals surface area contributed by atoms with E-state index < -0.39 is 0 Å². The Morgan fingerprint density at radius 3 is 2.94 bits per heavy atom. The van der Waals surface area contributed by atoms with Gasteiger partial charge in [-0.15, -0.1) is 0 Å². The molecule has 1 aromatic rings. The quantitative estimate of drug-likeness (QED) is 0.897. The minimum absolute atomic E-state index is 0.338. The maximum atomic E-state index is 6.25. The third kappa shape index (κ3) is 3.12. The van der Waals surface area contributed by atoms with E-state index in [4.69, 9.17) is 22.1 Å². The third-order valence-corrected chi connectivity index (χ3v) is 3.46. The summed E-state index contributed by atoms with van der Waals surface area (Å²) in [4.78, 5) is 2.15. The molecule has 1 saturated heterocycles. The zero-order valence-electron chi connectivity index (χ0n) is 10.2. The summed E-state index contributed by atoms with van der Waals surface area (Å²) in [6.07, 6.45) is 2.64. The van der Waals surface area contributed by atoms with Gasteiger partial charge in [0, 0.05) is 26.7 Å². The fourth-order valence-electron chi connectivity index (χ4n) is 2.18. The lowest BCUT2D eigenvalue weighted by Crippen LogP contribution is -2.28. The fourth-order valence-corrected chi connectivity index (χ4v) is 2.53. The van der Waals surface area contributed by atoms with Gasteiger partial charge in [-0.25, -0.2) is 0 Å². The molecule has 2 N–H and O–H groups in total. The van der Waals surface area contributed by atoms with E-state index in [2.05, 4.69) is 4.90 Å². The minimum Gasteiger partial charge on any atom is -0.376 e. The molecule has 1 atom stereocenters. The summed E-state index contributed by atoms with van der Waals surface area (Å²) in [7, 11) is 2.05. The van der Waals surface area contributed by atoms with Crippen LogP contribution < -0.4 is 10.6 Å². The Hall–Kier alpha value is -0.770. The Labute approximate surface area is 107 Å². The molecule has 0 radical (unpaired) electrons. The number of halogens is 1. The number of nitrogens with zero attached hydrogens (tertiary/aromatic N) is 1. The average molecular weight is 255 g/mol. The molecule has 0 saturated carbocycles. The van der Waals surface area contributed by atoms with E-state index in [9.17, 15) is 0 Å². The third-order valence-electron chi connectivity index (χ3n) is 3.16. The zero-order chi connectivity index (χ0) is 12.3. The summed E-state index contributed by atoms with van der Waals surface area (Å²) in [5.41, 5.74) is 7.69. The predicted molar refractivity (Wildman–Crippen MR) is 71.6 cm³/mol. The molecule has 2 rings (SSSR count). The molecule has 94 valence electrons. The van der Waals surface area contributed by atoms with Gasteiger partial charge in [0.1, 0.15) is 0 Å². The van der Waals surface area contributed by atoms with Crippen molar-refractivity contribution in [3.63, 3.8) is 0 Å². The maximum Gasteiger partial charge on any atom is 0.0750 e. The molecule has 0 bridgehead atoms. The summed E-state index contributed by atoms with van der Waals surface area (Å²) in [6.45, 7) is 2.30. The Morgan fingerprint density at radius 2 is 2.35 bits per heavy atom. The number of anilines is 1. The van der Waals surface area contributed by atoms with Crippen LogP contribution in [0.1, 0.15) is 18.4 Å². The standard InChI is InChI=1S/C13H19ClN2O/c1-16(9-11-3-2-6-17-11)13-5-4-10(8-15)7-12(13)14/h4-5,7,11H,2-3,6,8-9,15H2,1H3. The first-order valence-electron chi connectivity index (χ1n) is 6.02. The second-order valence-corrected chi connectivity index (χ2v) is 4.91. The molecule has 17 heavy (non-hydrogen) atoms. The first kappa shape index (κ1) is 12.7. The van der Waals surface area contributed by atoms with Gasteiger partial charge in [-0.2, -0.15) is 0 Å². The SMILES string of the molecule is CN(CC1CCCO1)c1ccc(CN)cc1Cl.